The molecule has 0 aliphatic heterocycles. The number of benzene rings is 2. The molecule has 23 heavy (non-hydrogen) atoms. The first kappa shape index (κ1) is 16.6. The van der Waals surface area contributed by atoms with Crippen molar-refractivity contribution in [3.63, 3.8) is 0 Å². The highest BCUT2D eigenvalue weighted by atomic mass is 16.8. The first-order valence-corrected chi connectivity index (χ1v) is 6.43. The molecule has 0 aromatic heterocycles. The average molecular weight is 318 g/mol. The van der Waals surface area contributed by atoms with Gasteiger partial charge in [-0.25, -0.2) is 0 Å². The molecule has 0 aliphatic rings. The molecule has 0 saturated heterocycles. The maximum atomic E-state index is 11.4. The lowest BCUT2D eigenvalue weighted by Crippen LogP contribution is -2.14. The molecule has 3 N–H and O–H groups in total. The molecular weight excluding hydrogens is 304 g/mol. The fraction of sp³-hybridized carbons (Fsp3) is 0.0667. The Labute approximate surface area is 131 Å². The lowest BCUT2D eigenvalue weighted by molar-refractivity contribution is -0.270. The Kier molecular flexibility index (Phi) is 5.04. The number of nitrogens with zero attached hydrogens (tertiary/aromatic N) is 2. The molecule has 122 valence electrons. The Balaban J connectivity index is 2.35. The molecule has 0 spiro atoms. The molecule has 0 radical (unpaired) electrons. The van der Waals surface area contributed by atoms with Gasteiger partial charge in [0.15, 0.2) is 0 Å². The van der Waals surface area contributed by atoms with Crippen LogP contribution in [0, 0.1) is 5.21 Å². The maximum absolute atomic E-state index is 11.4. The van der Waals surface area contributed by atoms with Crippen LogP contribution >= 0.6 is 0 Å². The summed E-state index contributed by atoms with van der Waals surface area (Å²) in [6, 6.07) is 8.29. The van der Waals surface area contributed by atoms with E-state index in [0.29, 0.717) is 11.1 Å². The largest absolute Gasteiger partial charge is 0.870 e. The lowest BCUT2D eigenvalue weighted by atomic mass is 10.1. The van der Waals surface area contributed by atoms with Gasteiger partial charge in [-0.3, -0.25) is 15.6 Å². The predicted octanol–water partition coefficient (Wildman–Crippen LogP) is 2.22. The van der Waals surface area contributed by atoms with Crippen molar-refractivity contribution in [3.05, 3.63) is 52.7 Å². The summed E-state index contributed by atoms with van der Waals surface area (Å²) in [7, 11) is 1.39. The van der Waals surface area contributed by atoms with Crippen LogP contribution in [-0.4, -0.2) is 22.7 Å². The van der Waals surface area contributed by atoms with Crippen molar-refractivity contribution >= 4 is 23.5 Å². The second-order valence-corrected chi connectivity index (χ2v) is 4.55. The van der Waals surface area contributed by atoms with Crippen LogP contribution < -0.4 is 20.3 Å². The molecule has 2 aromatic rings. The quantitative estimate of drug-likeness (QED) is 0.566. The highest BCUT2D eigenvalue weighted by Crippen LogP contribution is 2.28. The molecule has 0 heterocycles. The van der Waals surface area contributed by atoms with Gasteiger partial charge in [0.2, 0.25) is 0 Å². The summed E-state index contributed by atoms with van der Waals surface area (Å²) in [5.41, 5.74) is 0.751. The van der Waals surface area contributed by atoms with Gasteiger partial charge in [-0.15, -0.1) is 5.23 Å². The van der Waals surface area contributed by atoms with Gasteiger partial charge in [0.05, 0.1) is 12.8 Å². The van der Waals surface area contributed by atoms with Crippen molar-refractivity contribution in [3.8, 4) is 11.5 Å². The Hall–Kier alpha value is -2.78. The fourth-order valence-electron chi connectivity index (χ4n) is 1.94. The molecule has 8 nitrogen and oxygen atoms in total. The smallest absolute Gasteiger partial charge is 0.111 e. The minimum Gasteiger partial charge on any atom is -0.870 e. The molecule has 0 unspecified atom stereocenters. The number of hydrogen-bond donors (Lipinski definition) is 3. The zero-order valence-electron chi connectivity index (χ0n) is 12.1. The van der Waals surface area contributed by atoms with Gasteiger partial charge < -0.3 is 20.3 Å². The first-order valence-electron chi connectivity index (χ1n) is 6.43. The van der Waals surface area contributed by atoms with Crippen LogP contribution in [0.2, 0.25) is 0 Å². The second kappa shape index (κ2) is 6.99. The van der Waals surface area contributed by atoms with Crippen LogP contribution in [0.15, 0.2) is 36.4 Å². The van der Waals surface area contributed by atoms with E-state index in [4.69, 9.17) is 9.94 Å². The summed E-state index contributed by atoms with van der Waals surface area (Å²) in [6.45, 7) is 0. The summed E-state index contributed by atoms with van der Waals surface area (Å²) in [5, 5.41) is 49.0. The van der Waals surface area contributed by atoms with Crippen LogP contribution in [0.25, 0.3) is 12.2 Å². The van der Waals surface area contributed by atoms with E-state index in [1.807, 2.05) is 0 Å². The van der Waals surface area contributed by atoms with Gasteiger partial charge in [0, 0.05) is 5.56 Å². The summed E-state index contributed by atoms with van der Waals surface area (Å²) in [5.74, 6) is -0.0546. The first-order chi connectivity index (χ1) is 10.9. The van der Waals surface area contributed by atoms with Crippen LogP contribution in [0.3, 0.4) is 0 Å². The van der Waals surface area contributed by atoms with Gasteiger partial charge in [0.1, 0.15) is 11.4 Å². The summed E-state index contributed by atoms with van der Waals surface area (Å²) >= 11 is 0. The highest BCUT2D eigenvalue weighted by Gasteiger charge is 2.07. The van der Waals surface area contributed by atoms with E-state index in [2.05, 4.69) is 0 Å². The van der Waals surface area contributed by atoms with Crippen molar-refractivity contribution in [2.45, 2.75) is 0 Å². The average Bonchev–Trinajstić information content (AvgIpc) is 2.53. The molecule has 0 amide bonds. The molecule has 2 aromatic carbocycles. The van der Waals surface area contributed by atoms with E-state index < -0.39 is 5.23 Å². The van der Waals surface area contributed by atoms with E-state index in [-0.39, 0.29) is 28.1 Å². The van der Waals surface area contributed by atoms with Crippen LogP contribution in [-0.2, 0) is 0 Å². The molecule has 2 rings (SSSR count). The van der Waals surface area contributed by atoms with E-state index in [1.165, 1.54) is 31.4 Å². The van der Waals surface area contributed by atoms with Crippen molar-refractivity contribution in [2.24, 2.45) is 0 Å². The maximum Gasteiger partial charge on any atom is 0.111 e. The Morgan fingerprint density at radius 2 is 1.78 bits per heavy atom. The van der Waals surface area contributed by atoms with Crippen LogP contribution in [0.4, 0.5) is 11.4 Å². The Morgan fingerprint density at radius 1 is 1.04 bits per heavy atom. The third-order valence-electron chi connectivity index (χ3n) is 3.09. The Morgan fingerprint density at radius 3 is 2.39 bits per heavy atom. The third kappa shape index (κ3) is 3.90. The number of anilines is 2. The van der Waals surface area contributed by atoms with Crippen LogP contribution in [0.1, 0.15) is 11.1 Å². The van der Waals surface area contributed by atoms with Crippen molar-refractivity contribution in [2.75, 3.05) is 17.6 Å². The molecule has 0 fully saturated rings. The van der Waals surface area contributed by atoms with Crippen LogP contribution in [0.5, 0.6) is 11.5 Å². The van der Waals surface area contributed by atoms with Crippen molar-refractivity contribution < 1.29 is 25.5 Å². The molecular formula is C15H14N2O6-2. The lowest BCUT2D eigenvalue weighted by Gasteiger charge is -2.23. The van der Waals surface area contributed by atoms with Gasteiger partial charge in [-0.2, -0.15) is 0 Å². The van der Waals surface area contributed by atoms with Crippen molar-refractivity contribution in [1.82, 2.24) is 0 Å². The minimum atomic E-state index is -0.391. The fourth-order valence-corrected chi connectivity index (χ4v) is 1.94. The summed E-state index contributed by atoms with van der Waals surface area (Å²) in [4.78, 5) is 0. The van der Waals surface area contributed by atoms with E-state index >= 15 is 0 Å². The number of ether oxygens (including phenoxy) is 1. The standard InChI is InChI=1S/C15H15N2O6/c1-23-15-8-10(3-7-14(15)18)2-4-11-5-6-12(16(19)20)9-13(11)17(21)22/h2-9,18-19,21-22H,1H3/q-1/p-1. The van der Waals surface area contributed by atoms with Gasteiger partial charge in [-0.05, 0) is 23.8 Å². The van der Waals surface area contributed by atoms with E-state index in [9.17, 15) is 20.7 Å². The zero-order chi connectivity index (χ0) is 17.0. The molecule has 8 heteroatoms. The van der Waals surface area contributed by atoms with Gasteiger partial charge >= 0.3 is 0 Å². The Bertz CT molecular complexity index is 715. The topological polar surface area (TPSA) is 123 Å². The van der Waals surface area contributed by atoms with E-state index in [1.54, 1.807) is 18.2 Å². The normalized spacial score (nSPS) is 10.8. The monoisotopic (exact) mass is 318 g/mol. The van der Waals surface area contributed by atoms with Gasteiger partial charge in [0.25, 0.3) is 0 Å². The predicted molar refractivity (Wildman–Crippen MR) is 81.5 cm³/mol. The SMILES string of the molecule is COc1cc(C=Cc2ccc(N([O-])O)cc2N(O)O)ccc1[O-]. The van der Waals surface area contributed by atoms with E-state index in [0.717, 1.165) is 6.07 Å². The number of rotatable bonds is 5. The molecule has 0 aliphatic carbocycles. The zero-order valence-corrected chi connectivity index (χ0v) is 12.1. The second-order valence-electron chi connectivity index (χ2n) is 4.55. The third-order valence-corrected chi connectivity index (χ3v) is 3.09. The minimum absolute atomic E-state index is 0.110. The molecule has 0 bridgehead atoms. The van der Waals surface area contributed by atoms with Gasteiger partial charge in [-0.1, -0.05) is 36.1 Å². The molecule has 0 atom stereocenters. The summed E-state index contributed by atoms with van der Waals surface area (Å²) < 4.78 is 4.94. The number of methoxy groups -OCH3 is 1. The van der Waals surface area contributed by atoms with Crippen molar-refractivity contribution in [1.29, 1.82) is 0 Å². The molecule has 0 saturated carbocycles. The summed E-state index contributed by atoms with van der Waals surface area (Å²) in [6.07, 6.45) is 3.17. The number of hydrogen-bond acceptors (Lipinski definition) is 8. The highest BCUT2D eigenvalue weighted by molar-refractivity contribution is 5.79.